The van der Waals surface area contributed by atoms with Crippen LogP contribution < -0.4 is 19.9 Å². The van der Waals surface area contributed by atoms with Gasteiger partial charge in [-0.3, -0.25) is 5.10 Å². The van der Waals surface area contributed by atoms with Crippen molar-refractivity contribution in [1.29, 1.82) is 5.26 Å². The molecule has 0 bridgehead atoms. The highest BCUT2D eigenvalue weighted by atomic mass is 19.1. The highest BCUT2D eigenvalue weighted by molar-refractivity contribution is 5.71. The molecule has 3 N–H and O–H groups in total. The van der Waals surface area contributed by atoms with Crippen LogP contribution in [0.25, 0.3) is 11.3 Å². The molecule has 4 rings (SSSR count). The first-order valence-corrected chi connectivity index (χ1v) is 8.71. The second-order valence-electron chi connectivity index (χ2n) is 6.36. The molecular formula is C21H17FN4O3. The van der Waals surface area contributed by atoms with Crippen LogP contribution in [0.4, 0.5) is 4.39 Å². The van der Waals surface area contributed by atoms with Gasteiger partial charge in [-0.25, -0.2) is 4.39 Å². The smallest absolute Gasteiger partial charge is 0.244 e. The van der Waals surface area contributed by atoms with Gasteiger partial charge in [-0.2, -0.15) is 5.26 Å². The van der Waals surface area contributed by atoms with Gasteiger partial charge < -0.3 is 19.9 Å². The number of nitrogens with one attached hydrogen (secondary N) is 1. The van der Waals surface area contributed by atoms with Crippen LogP contribution in [0.2, 0.25) is 0 Å². The first-order chi connectivity index (χ1) is 14.1. The maximum atomic E-state index is 13.4. The number of nitrogens with zero attached hydrogens (tertiary/aromatic N) is 2. The molecular weight excluding hydrogens is 375 g/mol. The van der Waals surface area contributed by atoms with Crippen LogP contribution in [0.5, 0.6) is 17.4 Å². The predicted molar refractivity (Wildman–Crippen MR) is 103 cm³/mol. The third-order valence-corrected chi connectivity index (χ3v) is 4.82. The summed E-state index contributed by atoms with van der Waals surface area (Å²) in [6.07, 6.45) is 0. The fourth-order valence-corrected chi connectivity index (χ4v) is 3.46. The molecule has 1 aliphatic rings. The summed E-state index contributed by atoms with van der Waals surface area (Å²) in [5.74, 6) is 0.383. The van der Waals surface area contributed by atoms with Gasteiger partial charge in [0, 0.05) is 11.1 Å². The SMILES string of the molecule is COc1ccc(OC)c([C@H]2C(C#N)=C(N)Oc3n[nH]c(-c4ccc(F)cc4)c32)c1. The molecule has 0 aliphatic carbocycles. The van der Waals surface area contributed by atoms with Crippen molar-refractivity contribution < 1.29 is 18.6 Å². The van der Waals surface area contributed by atoms with E-state index >= 15 is 0 Å². The predicted octanol–water partition coefficient (Wildman–Crippen LogP) is 3.45. The van der Waals surface area contributed by atoms with Gasteiger partial charge in [0.15, 0.2) is 0 Å². The number of allylic oxidation sites excluding steroid dienone is 1. The fraction of sp³-hybridized carbons (Fsp3) is 0.143. The topological polar surface area (TPSA) is 106 Å². The summed E-state index contributed by atoms with van der Waals surface area (Å²) in [4.78, 5) is 0. The number of H-pyrrole nitrogens is 1. The zero-order chi connectivity index (χ0) is 20.5. The lowest BCUT2D eigenvalue weighted by atomic mass is 9.82. The average Bonchev–Trinajstić information content (AvgIpc) is 3.16. The lowest BCUT2D eigenvalue weighted by molar-refractivity contribution is 0.373. The summed E-state index contributed by atoms with van der Waals surface area (Å²) in [5.41, 5.74) is 8.79. The van der Waals surface area contributed by atoms with Crippen molar-refractivity contribution in [3.8, 4) is 34.7 Å². The summed E-state index contributed by atoms with van der Waals surface area (Å²) in [6, 6.07) is 13.4. The number of rotatable bonds is 4. The number of nitriles is 1. The third-order valence-electron chi connectivity index (χ3n) is 4.82. The molecule has 29 heavy (non-hydrogen) atoms. The lowest BCUT2D eigenvalue weighted by Gasteiger charge is -2.25. The minimum atomic E-state index is -0.618. The van der Waals surface area contributed by atoms with Crippen molar-refractivity contribution in [2.45, 2.75) is 5.92 Å². The van der Waals surface area contributed by atoms with Crippen LogP contribution in [0.3, 0.4) is 0 Å². The quantitative estimate of drug-likeness (QED) is 0.704. The Hall–Kier alpha value is -3.99. The van der Waals surface area contributed by atoms with E-state index in [1.54, 1.807) is 44.6 Å². The maximum absolute atomic E-state index is 13.4. The Morgan fingerprint density at radius 1 is 1.17 bits per heavy atom. The van der Waals surface area contributed by atoms with Gasteiger partial charge in [0.25, 0.3) is 0 Å². The maximum Gasteiger partial charge on any atom is 0.244 e. The minimum Gasteiger partial charge on any atom is -0.497 e. The molecule has 0 spiro atoms. The Kier molecular flexibility index (Phi) is 4.56. The largest absolute Gasteiger partial charge is 0.497 e. The molecule has 7 nitrogen and oxygen atoms in total. The lowest BCUT2D eigenvalue weighted by Crippen LogP contribution is -2.21. The highest BCUT2D eigenvalue weighted by Crippen LogP contribution is 2.48. The van der Waals surface area contributed by atoms with E-state index in [9.17, 15) is 9.65 Å². The van der Waals surface area contributed by atoms with Crippen LogP contribution in [-0.4, -0.2) is 24.4 Å². The highest BCUT2D eigenvalue weighted by Gasteiger charge is 2.37. The Labute approximate surface area is 166 Å². The summed E-state index contributed by atoms with van der Waals surface area (Å²) < 4.78 is 29.9. The zero-order valence-corrected chi connectivity index (χ0v) is 15.7. The van der Waals surface area contributed by atoms with Crippen molar-refractivity contribution in [1.82, 2.24) is 10.2 Å². The molecule has 0 fully saturated rings. The van der Waals surface area contributed by atoms with Crippen LogP contribution in [0, 0.1) is 17.1 Å². The van der Waals surface area contributed by atoms with Gasteiger partial charge in [-0.15, -0.1) is 5.10 Å². The van der Waals surface area contributed by atoms with Gasteiger partial charge >= 0.3 is 0 Å². The van der Waals surface area contributed by atoms with Crippen LogP contribution >= 0.6 is 0 Å². The molecule has 146 valence electrons. The van der Waals surface area contributed by atoms with Crippen LogP contribution in [0.1, 0.15) is 17.0 Å². The first-order valence-electron chi connectivity index (χ1n) is 8.71. The van der Waals surface area contributed by atoms with Crippen molar-refractivity contribution in [3.63, 3.8) is 0 Å². The van der Waals surface area contributed by atoms with E-state index in [1.807, 2.05) is 0 Å². The Balaban J connectivity index is 1.99. The normalized spacial score (nSPS) is 15.3. The van der Waals surface area contributed by atoms with Crippen LogP contribution in [0.15, 0.2) is 53.9 Å². The van der Waals surface area contributed by atoms with Gasteiger partial charge in [0.2, 0.25) is 11.8 Å². The molecule has 0 radical (unpaired) electrons. The number of methoxy groups -OCH3 is 2. The molecule has 1 atom stereocenters. The second-order valence-corrected chi connectivity index (χ2v) is 6.36. The zero-order valence-electron chi connectivity index (χ0n) is 15.7. The van der Waals surface area contributed by atoms with Crippen molar-refractivity contribution in [2.75, 3.05) is 14.2 Å². The molecule has 2 aromatic carbocycles. The number of aromatic nitrogens is 2. The summed E-state index contributed by atoms with van der Waals surface area (Å²) >= 11 is 0. The first kappa shape index (κ1) is 18.4. The molecule has 0 amide bonds. The van der Waals surface area contributed by atoms with Gasteiger partial charge in [0.05, 0.1) is 31.4 Å². The summed E-state index contributed by atoms with van der Waals surface area (Å²) in [6.45, 7) is 0. The summed E-state index contributed by atoms with van der Waals surface area (Å²) in [7, 11) is 3.10. The van der Waals surface area contributed by atoms with Crippen molar-refractivity contribution in [2.24, 2.45) is 5.73 Å². The number of hydrogen-bond acceptors (Lipinski definition) is 6. The number of aromatic amines is 1. The number of fused-ring (bicyclic) bond motifs is 1. The van der Waals surface area contributed by atoms with Gasteiger partial charge in [-0.1, -0.05) is 0 Å². The molecule has 1 aromatic heterocycles. The molecule has 2 heterocycles. The molecule has 0 unspecified atom stereocenters. The van der Waals surface area contributed by atoms with E-state index in [4.69, 9.17) is 19.9 Å². The molecule has 0 saturated carbocycles. The molecule has 3 aromatic rings. The Bertz CT molecular complexity index is 1150. The summed E-state index contributed by atoms with van der Waals surface area (Å²) in [5, 5.41) is 17.0. The number of hydrogen-bond donors (Lipinski definition) is 2. The van der Waals surface area contributed by atoms with Crippen molar-refractivity contribution in [3.05, 3.63) is 70.9 Å². The van der Waals surface area contributed by atoms with E-state index in [0.29, 0.717) is 33.9 Å². The standard InChI is InChI=1S/C21H17FN4O3/c1-27-13-7-8-16(28-2)14(9-13)17-15(10-23)20(24)29-21-18(17)19(25-26-21)11-3-5-12(22)6-4-11/h3-9,17H,24H2,1-2H3,(H,25,26)/t17-/m0/s1. The van der Waals surface area contributed by atoms with E-state index in [2.05, 4.69) is 16.3 Å². The van der Waals surface area contributed by atoms with Crippen LogP contribution in [-0.2, 0) is 0 Å². The Morgan fingerprint density at radius 3 is 2.59 bits per heavy atom. The number of benzene rings is 2. The second kappa shape index (κ2) is 7.20. The van der Waals surface area contributed by atoms with E-state index in [0.717, 1.165) is 0 Å². The van der Waals surface area contributed by atoms with E-state index < -0.39 is 5.92 Å². The van der Waals surface area contributed by atoms with Gasteiger partial charge in [-0.05, 0) is 42.5 Å². The van der Waals surface area contributed by atoms with Gasteiger partial charge in [0.1, 0.15) is 29.0 Å². The molecule has 0 saturated heterocycles. The number of ether oxygens (including phenoxy) is 3. The fourth-order valence-electron chi connectivity index (χ4n) is 3.46. The molecule has 8 heteroatoms. The Morgan fingerprint density at radius 2 is 1.93 bits per heavy atom. The third kappa shape index (κ3) is 3.02. The van der Waals surface area contributed by atoms with E-state index in [-0.39, 0.29) is 23.2 Å². The van der Waals surface area contributed by atoms with E-state index in [1.165, 1.54) is 12.1 Å². The number of nitrogens with two attached hydrogens (primary N) is 1. The minimum absolute atomic E-state index is 0.0352. The van der Waals surface area contributed by atoms with Crippen molar-refractivity contribution >= 4 is 0 Å². The average molecular weight is 392 g/mol. The molecule has 1 aliphatic heterocycles. The monoisotopic (exact) mass is 392 g/mol. The number of halogens is 1.